The number of nitrogens with zero attached hydrogens (tertiary/aromatic N) is 3. The Balaban J connectivity index is 1.43. The lowest BCUT2D eigenvalue weighted by atomic mass is 9.83. The van der Waals surface area contributed by atoms with Crippen LogP contribution in [0.25, 0.3) is 11.1 Å². The number of aliphatic hydroxyl groups excluding tert-OH is 1. The van der Waals surface area contributed by atoms with Crippen molar-refractivity contribution in [3.63, 3.8) is 0 Å². The molecule has 3 aromatic rings. The van der Waals surface area contributed by atoms with E-state index < -0.39 is 0 Å². The minimum atomic E-state index is -0.335. The molecular weight excluding hydrogens is 312 g/mol. The average Bonchev–Trinajstić information content (AvgIpc) is 3.04. The molecule has 0 unspecified atom stereocenters. The van der Waals surface area contributed by atoms with Crippen LogP contribution in [0.2, 0.25) is 0 Å². The molecule has 2 heterocycles. The third kappa shape index (κ3) is 3.34. The molecular formula is C20H22N4O. The van der Waals surface area contributed by atoms with Gasteiger partial charge in [-0.1, -0.05) is 24.3 Å². The second-order valence-electron chi connectivity index (χ2n) is 6.72. The number of hydrogen-bond donors (Lipinski definition) is 2. The van der Waals surface area contributed by atoms with Crippen molar-refractivity contribution in [1.29, 1.82) is 0 Å². The highest BCUT2D eigenvalue weighted by Gasteiger charge is 2.41. The molecule has 0 radical (unpaired) electrons. The molecule has 5 nitrogen and oxygen atoms in total. The van der Waals surface area contributed by atoms with Crippen LogP contribution in [-0.4, -0.2) is 32.0 Å². The molecule has 1 aromatic carbocycles. The molecule has 0 amide bonds. The average molecular weight is 334 g/mol. The number of hydrogen-bond acceptors (Lipinski definition) is 4. The molecule has 1 saturated carbocycles. The van der Waals surface area contributed by atoms with Gasteiger partial charge in [0, 0.05) is 31.2 Å². The lowest BCUT2D eigenvalue weighted by Crippen LogP contribution is -2.54. The van der Waals surface area contributed by atoms with Crippen molar-refractivity contribution in [2.75, 3.05) is 0 Å². The monoisotopic (exact) mass is 334 g/mol. The van der Waals surface area contributed by atoms with Crippen molar-refractivity contribution < 1.29 is 5.11 Å². The van der Waals surface area contributed by atoms with E-state index >= 15 is 0 Å². The van der Waals surface area contributed by atoms with Gasteiger partial charge >= 0.3 is 0 Å². The predicted octanol–water partition coefficient (Wildman–Crippen LogP) is 2.72. The summed E-state index contributed by atoms with van der Waals surface area (Å²) < 4.78 is 1.88. The van der Waals surface area contributed by atoms with Crippen LogP contribution >= 0.6 is 0 Å². The number of benzene rings is 1. The van der Waals surface area contributed by atoms with Gasteiger partial charge in [-0.25, -0.2) is 0 Å². The minimum Gasteiger partial charge on any atom is -0.391 e. The molecule has 5 heteroatoms. The van der Waals surface area contributed by atoms with Gasteiger partial charge in [0.25, 0.3) is 0 Å². The summed E-state index contributed by atoms with van der Waals surface area (Å²) in [5, 5.41) is 18.0. The Hall–Kier alpha value is -2.50. The number of pyridine rings is 1. The molecule has 4 rings (SSSR count). The minimum absolute atomic E-state index is 0.00945. The van der Waals surface area contributed by atoms with Gasteiger partial charge in [-0.2, -0.15) is 5.10 Å². The second kappa shape index (κ2) is 6.78. The van der Waals surface area contributed by atoms with Gasteiger partial charge in [0.1, 0.15) is 0 Å². The van der Waals surface area contributed by atoms with E-state index in [2.05, 4.69) is 45.7 Å². The maximum atomic E-state index is 10.1. The highest BCUT2D eigenvalue weighted by atomic mass is 16.3. The lowest BCUT2D eigenvalue weighted by Gasteiger charge is -2.42. The van der Waals surface area contributed by atoms with E-state index in [4.69, 9.17) is 0 Å². The Labute approximate surface area is 147 Å². The third-order valence-electron chi connectivity index (χ3n) is 4.83. The van der Waals surface area contributed by atoms with Gasteiger partial charge in [-0.05, 0) is 47.7 Å². The van der Waals surface area contributed by atoms with Gasteiger partial charge in [-0.3, -0.25) is 9.67 Å². The van der Waals surface area contributed by atoms with Gasteiger partial charge in [0.15, 0.2) is 0 Å². The molecule has 0 spiro atoms. The van der Waals surface area contributed by atoms with E-state index in [1.807, 2.05) is 36.3 Å². The summed E-state index contributed by atoms with van der Waals surface area (Å²) in [6.07, 6.45) is 7.91. The molecule has 1 fully saturated rings. The first-order chi connectivity index (χ1) is 12.2. The van der Waals surface area contributed by atoms with E-state index in [1.165, 1.54) is 11.1 Å². The Bertz CT molecular complexity index is 846. The zero-order valence-corrected chi connectivity index (χ0v) is 14.2. The fraction of sp³-hybridized carbons (Fsp3) is 0.300. The van der Waals surface area contributed by atoms with Crippen molar-refractivity contribution in [3.8, 4) is 11.1 Å². The van der Waals surface area contributed by atoms with Crippen molar-refractivity contribution in [1.82, 2.24) is 20.1 Å². The SMILES string of the molecule is Cc1cnn([C@H]2[C@H](O)C[C@@H]2NCc2cccc(-c3cccnc3)c2)c1. The van der Waals surface area contributed by atoms with Crippen LogP contribution in [-0.2, 0) is 6.54 Å². The van der Waals surface area contributed by atoms with Gasteiger partial charge < -0.3 is 10.4 Å². The molecule has 0 saturated heterocycles. The molecule has 2 N–H and O–H groups in total. The number of aliphatic hydroxyl groups is 1. The first kappa shape index (κ1) is 16.0. The first-order valence-corrected chi connectivity index (χ1v) is 8.62. The molecule has 128 valence electrons. The van der Waals surface area contributed by atoms with E-state index in [0.717, 1.165) is 24.1 Å². The lowest BCUT2D eigenvalue weighted by molar-refractivity contribution is -0.00823. The van der Waals surface area contributed by atoms with Crippen LogP contribution in [0, 0.1) is 6.92 Å². The summed E-state index contributed by atoms with van der Waals surface area (Å²) in [5.74, 6) is 0. The Morgan fingerprint density at radius 1 is 1.20 bits per heavy atom. The van der Waals surface area contributed by atoms with E-state index in [9.17, 15) is 5.11 Å². The summed E-state index contributed by atoms with van der Waals surface area (Å²) in [4.78, 5) is 4.19. The van der Waals surface area contributed by atoms with Gasteiger partial charge in [-0.15, -0.1) is 0 Å². The highest BCUT2D eigenvalue weighted by molar-refractivity contribution is 5.62. The van der Waals surface area contributed by atoms with Crippen LogP contribution in [0.5, 0.6) is 0 Å². The van der Waals surface area contributed by atoms with Gasteiger partial charge in [0.2, 0.25) is 0 Å². The summed E-state index contributed by atoms with van der Waals surface area (Å²) >= 11 is 0. The van der Waals surface area contributed by atoms with Crippen molar-refractivity contribution >= 4 is 0 Å². The second-order valence-corrected chi connectivity index (χ2v) is 6.72. The summed E-state index contributed by atoms with van der Waals surface area (Å²) in [6.45, 7) is 2.78. The van der Waals surface area contributed by atoms with Crippen molar-refractivity contribution in [3.05, 3.63) is 72.3 Å². The number of nitrogens with one attached hydrogen (secondary N) is 1. The van der Waals surface area contributed by atoms with Crippen LogP contribution in [0.1, 0.15) is 23.6 Å². The topological polar surface area (TPSA) is 63.0 Å². The molecule has 3 atom stereocenters. The summed E-state index contributed by atoms with van der Waals surface area (Å²) in [6, 6.07) is 12.7. The maximum Gasteiger partial charge on any atom is 0.0932 e. The Kier molecular flexibility index (Phi) is 4.34. The molecule has 0 bridgehead atoms. The zero-order chi connectivity index (χ0) is 17.2. The normalized spacial score (nSPS) is 22.6. The summed E-state index contributed by atoms with van der Waals surface area (Å²) in [5.41, 5.74) is 4.62. The predicted molar refractivity (Wildman–Crippen MR) is 96.9 cm³/mol. The molecule has 0 aliphatic heterocycles. The fourth-order valence-electron chi connectivity index (χ4n) is 3.42. The highest BCUT2D eigenvalue weighted by Crippen LogP contribution is 2.33. The quantitative estimate of drug-likeness (QED) is 0.753. The molecule has 25 heavy (non-hydrogen) atoms. The molecule has 1 aliphatic carbocycles. The van der Waals surface area contributed by atoms with E-state index in [0.29, 0.717) is 0 Å². The van der Waals surface area contributed by atoms with E-state index in [-0.39, 0.29) is 18.2 Å². The summed E-state index contributed by atoms with van der Waals surface area (Å²) in [7, 11) is 0. The third-order valence-corrected chi connectivity index (χ3v) is 4.83. The Morgan fingerprint density at radius 3 is 2.80 bits per heavy atom. The van der Waals surface area contributed by atoms with Crippen LogP contribution < -0.4 is 5.32 Å². The molecule has 2 aromatic heterocycles. The first-order valence-electron chi connectivity index (χ1n) is 8.62. The van der Waals surface area contributed by atoms with Crippen molar-refractivity contribution in [2.45, 2.75) is 38.1 Å². The van der Waals surface area contributed by atoms with Crippen LogP contribution in [0.4, 0.5) is 0 Å². The number of aryl methyl sites for hydroxylation is 1. The number of rotatable bonds is 5. The van der Waals surface area contributed by atoms with Gasteiger partial charge in [0.05, 0.1) is 18.3 Å². The number of aromatic nitrogens is 3. The Morgan fingerprint density at radius 2 is 2.08 bits per heavy atom. The standard InChI is InChI=1S/C20H22N4O/c1-14-10-23-24(13-14)20-18(9-19(20)25)22-11-15-4-2-5-16(8-15)17-6-3-7-21-12-17/h2-8,10,12-13,18-20,22,25H,9,11H2,1H3/t18-,19+,20+/m0/s1. The molecule has 1 aliphatic rings. The van der Waals surface area contributed by atoms with E-state index in [1.54, 1.807) is 6.20 Å². The van der Waals surface area contributed by atoms with Crippen LogP contribution in [0.15, 0.2) is 61.2 Å². The smallest absolute Gasteiger partial charge is 0.0932 e. The van der Waals surface area contributed by atoms with Crippen molar-refractivity contribution in [2.24, 2.45) is 0 Å². The largest absolute Gasteiger partial charge is 0.391 e. The zero-order valence-electron chi connectivity index (χ0n) is 14.2. The maximum absolute atomic E-state index is 10.1. The van der Waals surface area contributed by atoms with Crippen LogP contribution in [0.3, 0.4) is 0 Å². The fourth-order valence-corrected chi connectivity index (χ4v) is 3.42.